The normalized spacial score (nSPS) is 17.9. The van der Waals surface area contributed by atoms with E-state index in [2.05, 4.69) is 20.4 Å². The summed E-state index contributed by atoms with van der Waals surface area (Å²) >= 11 is 0. The van der Waals surface area contributed by atoms with Crippen LogP contribution in [0, 0.1) is 5.82 Å². The fourth-order valence-corrected chi connectivity index (χ4v) is 6.16. The summed E-state index contributed by atoms with van der Waals surface area (Å²) in [5.74, 6) is -0.353. The number of anilines is 1. The monoisotopic (exact) mass is 549 g/mol. The van der Waals surface area contributed by atoms with Crippen LogP contribution in [-0.2, 0) is 6.54 Å². The van der Waals surface area contributed by atoms with Gasteiger partial charge in [-0.15, -0.1) is 5.10 Å². The molecule has 2 aliphatic rings. The molecular formula is C28H32FN7O4. The van der Waals surface area contributed by atoms with Crippen molar-refractivity contribution in [3.63, 3.8) is 0 Å². The van der Waals surface area contributed by atoms with Crippen molar-refractivity contribution in [2.45, 2.75) is 57.7 Å². The molecule has 2 fully saturated rings. The molecule has 11 nitrogen and oxygen atoms in total. The van der Waals surface area contributed by atoms with Crippen molar-refractivity contribution in [3.8, 4) is 0 Å². The van der Waals surface area contributed by atoms with E-state index in [1.54, 1.807) is 16.9 Å². The number of nitrogens with zero attached hydrogens (tertiary/aromatic N) is 7. The third-order valence-corrected chi connectivity index (χ3v) is 8.24. The zero-order chi connectivity index (χ0) is 27.8. The number of fused-ring (bicyclic) bond motifs is 1. The Morgan fingerprint density at radius 3 is 2.62 bits per heavy atom. The number of carboxylic acid groups (broad SMARTS) is 1. The maximum Gasteiger partial charge on any atom is 0.341 e. The van der Waals surface area contributed by atoms with Gasteiger partial charge in [-0.2, -0.15) is 0 Å². The van der Waals surface area contributed by atoms with Gasteiger partial charge >= 0.3 is 5.97 Å². The second-order valence-electron chi connectivity index (χ2n) is 10.5. The third kappa shape index (κ3) is 4.66. The standard InChI is InChI=1S/C28H32FN7O4/c1-2-33-17-20(28(38)39)26(37)19-15-21(29)23(16-22(19)33)34-10-12-35(13-11-34)25(24-9-6-14-40-24)27-30-31-32-36(27)18-7-4-3-5-8-18/h6,9,14-18,25H,2-5,7-8,10-13H2,1H3,(H,38,39). The van der Waals surface area contributed by atoms with Crippen LogP contribution in [0.1, 0.15) is 73.1 Å². The van der Waals surface area contributed by atoms with Gasteiger partial charge in [0, 0.05) is 44.3 Å². The maximum atomic E-state index is 15.4. The van der Waals surface area contributed by atoms with E-state index in [4.69, 9.17) is 4.42 Å². The van der Waals surface area contributed by atoms with E-state index >= 15 is 4.39 Å². The number of halogens is 1. The van der Waals surface area contributed by atoms with Gasteiger partial charge in [0.15, 0.2) is 5.82 Å². The van der Waals surface area contributed by atoms with Crippen LogP contribution < -0.4 is 10.3 Å². The van der Waals surface area contributed by atoms with Gasteiger partial charge in [0.25, 0.3) is 0 Å². The first-order valence-corrected chi connectivity index (χ1v) is 13.9. The number of pyridine rings is 1. The molecular weight excluding hydrogens is 517 g/mol. The second kappa shape index (κ2) is 10.8. The molecule has 0 spiro atoms. The number of aromatic nitrogens is 5. The van der Waals surface area contributed by atoms with Crippen molar-refractivity contribution < 1.29 is 18.7 Å². The van der Waals surface area contributed by atoms with Gasteiger partial charge in [-0.05, 0) is 54.5 Å². The van der Waals surface area contributed by atoms with Crippen LogP contribution in [0.25, 0.3) is 10.9 Å². The molecule has 1 N–H and O–H groups in total. The average molecular weight is 550 g/mol. The lowest BCUT2D eigenvalue weighted by Crippen LogP contribution is -2.48. The number of furan rings is 1. The first-order chi connectivity index (χ1) is 19.5. The van der Waals surface area contributed by atoms with Gasteiger partial charge < -0.3 is 19.0 Å². The Morgan fingerprint density at radius 2 is 1.95 bits per heavy atom. The molecule has 1 unspecified atom stereocenters. The van der Waals surface area contributed by atoms with E-state index in [1.165, 1.54) is 18.7 Å². The molecule has 6 rings (SSSR count). The van der Waals surface area contributed by atoms with E-state index in [-0.39, 0.29) is 23.0 Å². The Morgan fingerprint density at radius 1 is 1.18 bits per heavy atom. The Kier molecular flexibility index (Phi) is 7.09. The smallest absolute Gasteiger partial charge is 0.341 e. The SMILES string of the molecule is CCn1cc(C(=O)O)c(=O)c2cc(F)c(N3CCN(C(c4ccco4)c4nnnn4C4CCCCC4)CC3)cc21. The molecule has 1 atom stereocenters. The summed E-state index contributed by atoms with van der Waals surface area (Å²) in [5, 5.41) is 22.3. The number of carbonyl (C=O) groups is 1. The predicted octanol–water partition coefficient (Wildman–Crippen LogP) is 3.86. The molecule has 1 aliphatic carbocycles. The molecule has 1 saturated heterocycles. The molecule has 210 valence electrons. The van der Waals surface area contributed by atoms with Gasteiger partial charge in [0.05, 0.1) is 23.5 Å². The predicted molar refractivity (Wildman–Crippen MR) is 145 cm³/mol. The van der Waals surface area contributed by atoms with Crippen LogP contribution in [-0.4, -0.2) is 66.9 Å². The number of hydrogen-bond acceptors (Lipinski definition) is 8. The number of carboxylic acids is 1. The largest absolute Gasteiger partial charge is 0.477 e. The van der Waals surface area contributed by atoms with E-state index in [1.807, 2.05) is 28.6 Å². The van der Waals surface area contributed by atoms with Crippen molar-refractivity contribution in [3.05, 3.63) is 69.9 Å². The van der Waals surface area contributed by atoms with Gasteiger partial charge in [-0.3, -0.25) is 9.69 Å². The molecule has 4 aromatic rings. The van der Waals surface area contributed by atoms with Gasteiger partial charge in [-0.25, -0.2) is 13.9 Å². The minimum Gasteiger partial charge on any atom is -0.477 e. The van der Waals surface area contributed by atoms with Crippen LogP contribution in [0.4, 0.5) is 10.1 Å². The fraction of sp³-hybridized carbons (Fsp3) is 0.464. The summed E-state index contributed by atoms with van der Waals surface area (Å²) in [6.07, 6.45) is 8.64. The highest BCUT2D eigenvalue weighted by Crippen LogP contribution is 2.35. The quantitative estimate of drug-likeness (QED) is 0.366. The van der Waals surface area contributed by atoms with Gasteiger partial charge in [-0.1, -0.05) is 19.3 Å². The number of piperazine rings is 1. The zero-order valence-electron chi connectivity index (χ0n) is 22.4. The Bertz CT molecular complexity index is 1570. The van der Waals surface area contributed by atoms with E-state index in [9.17, 15) is 14.7 Å². The first kappa shape index (κ1) is 26.2. The van der Waals surface area contributed by atoms with Crippen molar-refractivity contribution >= 4 is 22.6 Å². The Hall–Kier alpha value is -4.06. The summed E-state index contributed by atoms with van der Waals surface area (Å²) < 4.78 is 24.9. The molecule has 40 heavy (non-hydrogen) atoms. The lowest BCUT2D eigenvalue weighted by molar-refractivity contribution is 0.0695. The molecule has 0 radical (unpaired) electrons. The molecule has 3 aromatic heterocycles. The van der Waals surface area contributed by atoms with Crippen LogP contribution in [0.5, 0.6) is 0 Å². The first-order valence-electron chi connectivity index (χ1n) is 13.9. The highest BCUT2D eigenvalue weighted by Gasteiger charge is 2.35. The van der Waals surface area contributed by atoms with Crippen LogP contribution in [0.3, 0.4) is 0 Å². The molecule has 4 heterocycles. The Balaban J connectivity index is 1.29. The number of hydrogen-bond donors (Lipinski definition) is 1. The van der Waals surface area contributed by atoms with Crippen LogP contribution in [0.15, 0.2) is 45.9 Å². The number of benzene rings is 1. The summed E-state index contributed by atoms with van der Waals surface area (Å²) in [4.78, 5) is 28.5. The number of rotatable bonds is 7. The number of aromatic carboxylic acids is 1. The van der Waals surface area contributed by atoms with Gasteiger partial charge in [0.2, 0.25) is 5.43 Å². The van der Waals surface area contributed by atoms with Gasteiger partial charge in [0.1, 0.15) is 23.2 Å². The van der Waals surface area contributed by atoms with Crippen molar-refractivity contribution in [1.29, 1.82) is 0 Å². The minimum atomic E-state index is -1.32. The number of aryl methyl sites for hydroxylation is 1. The highest BCUT2D eigenvalue weighted by atomic mass is 19.1. The minimum absolute atomic E-state index is 0.0640. The molecule has 1 saturated carbocycles. The zero-order valence-corrected chi connectivity index (χ0v) is 22.4. The Labute approximate surface area is 229 Å². The van der Waals surface area contributed by atoms with Crippen LogP contribution in [0.2, 0.25) is 0 Å². The molecule has 12 heteroatoms. The van der Waals surface area contributed by atoms with Crippen LogP contribution >= 0.6 is 0 Å². The van der Waals surface area contributed by atoms with Crippen molar-refractivity contribution in [2.75, 3.05) is 31.1 Å². The fourth-order valence-electron chi connectivity index (χ4n) is 6.16. The summed E-state index contributed by atoms with van der Waals surface area (Å²) in [6, 6.07) is 6.63. The molecule has 1 aromatic carbocycles. The lowest BCUT2D eigenvalue weighted by Gasteiger charge is -2.39. The van der Waals surface area contributed by atoms with E-state index < -0.39 is 17.2 Å². The summed E-state index contributed by atoms with van der Waals surface area (Å²) in [7, 11) is 0. The lowest BCUT2D eigenvalue weighted by atomic mass is 9.95. The van der Waals surface area contributed by atoms with Crippen molar-refractivity contribution in [2.24, 2.45) is 0 Å². The summed E-state index contributed by atoms with van der Waals surface area (Å²) in [5.41, 5.74) is -0.149. The third-order valence-electron chi connectivity index (χ3n) is 8.24. The number of tetrazole rings is 1. The molecule has 0 bridgehead atoms. The molecule has 0 amide bonds. The van der Waals surface area contributed by atoms with Crippen molar-refractivity contribution in [1.82, 2.24) is 29.7 Å². The topological polar surface area (TPSA) is 123 Å². The van der Waals surface area contributed by atoms with E-state index in [0.29, 0.717) is 43.9 Å². The molecule has 1 aliphatic heterocycles. The average Bonchev–Trinajstić information content (AvgIpc) is 3.68. The van der Waals surface area contributed by atoms with E-state index in [0.717, 1.165) is 37.3 Å². The second-order valence-corrected chi connectivity index (χ2v) is 10.5. The maximum absolute atomic E-state index is 15.4. The summed E-state index contributed by atoms with van der Waals surface area (Å²) in [6.45, 7) is 4.59. The highest BCUT2D eigenvalue weighted by molar-refractivity contribution is 5.93.